The quantitative estimate of drug-likeness (QED) is 0.538. The third-order valence-electron chi connectivity index (χ3n) is 3.52. The van der Waals surface area contributed by atoms with Crippen molar-refractivity contribution in [2.75, 3.05) is 13.2 Å². The number of thiocarbonyl (C=S) groups is 1. The molecular weight excluding hydrogens is 387 g/mol. The second-order valence-corrected chi connectivity index (χ2v) is 6.39. The molecule has 1 aliphatic heterocycles. The summed E-state index contributed by atoms with van der Waals surface area (Å²) in [6, 6.07) is 2.57. The minimum Gasteiger partial charge on any atom is -0.493 e. The molecule has 1 saturated heterocycles. The lowest BCUT2D eigenvalue weighted by Gasteiger charge is -2.09. The van der Waals surface area contributed by atoms with Crippen LogP contribution in [0.3, 0.4) is 0 Å². The van der Waals surface area contributed by atoms with Gasteiger partial charge in [0.2, 0.25) is 11.0 Å². The molecule has 1 aromatic heterocycles. The van der Waals surface area contributed by atoms with Crippen LogP contribution in [0.2, 0.25) is 0 Å². The fourth-order valence-electron chi connectivity index (χ4n) is 2.43. The number of azo groups is 1. The number of hydrogen-bond donors (Lipinski definition) is 3. The zero-order valence-corrected chi connectivity index (χ0v) is 14.4. The molecule has 1 atom stereocenters. The van der Waals surface area contributed by atoms with Gasteiger partial charge in [0.1, 0.15) is 5.82 Å². The van der Waals surface area contributed by atoms with Gasteiger partial charge in [0.15, 0.2) is 5.69 Å². The largest absolute Gasteiger partial charge is 0.493 e. The maximum absolute atomic E-state index is 13.5. The van der Waals surface area contributed by atoms with E-state index in [1.54, 1.807) is 0 Å². The number of H-pyrrole nitrogens is 1. The minimum absolute atomic E-state index is 0.134. The van der Waals surface area contributed by atoms with Gasteiger partial charge in [-0.2, -0.15) is 0 Å². The lowest BCUT2D eigenvalue weighted by molar-refractivity contribution is 0.114. The highest BCUT2D eigenvalue weighted by Crippen LogP contribution is 2.39. The summed E-state index contributed by atoms with van der Waals surface area (Å²) in [7, 11) is 0. The van der Waals surface area contributed by atoms with E-state index < -0.39 is 5.82 Å². The molecule has 0 bridgehead atoms. The summed E-state index contributed by atoms with van der Waals surface area (Å²) >= 11 is 8.31. The number of aromatic hydroxyl groups is 1. The van der Waals surface area contributed by atoms with Crippen LogP contribution >= 0.6 is 28.1 Å². The number of fused-ring (bicyclic) bond motifs is 1. The van der Waals surface area contributed by atoms with Gasteiger partial charge in [-0.05, 0) is 53.1 Å². The fraction of sp³-hybridized carbons (Fsp3) is 0.357. The molecule has 0 saturated carbocycles. The van der Waals surface area contributed by atoms with Crippen LogP contribution in [0, 0.1) is 5.82 Å². The van der Waals surface area contributed by atoms with E-state index in [2.05, 4.69) is 36.5 Å². The maximum Gasteiger partial charge on any atom is 0.218 e. The van der Waals surface area contributed by atoms with E-state index in [0.717, 1.165) is 19.4 Å². The van der Waals surface area contributed by atoms with Crippen molar-refractivity contribution in [1.82, 2.24) is 10.3 Å². The van der Waals surface area contributed by atoms with Crippen LogP contribution < -0.4 is 5.32 Å². The number of rotatable bonds is 3. The van der Waals surface area contributed by atoms with E-state index in [1.807, 2.05) is 0 Å². The molecule has 2 heterocycles. The standard InChI is InChI=1S/C14H14BrFN4O2S/c15-10-5-7(16)4-9-11(10)18-13(21)12(9)19-20-14(23)17-6-8-2-1-3-22-8/h4-5,8,18,21H,1-3,6H2,(H,17,23). The van der Waals surface area contributed by atoms with Crippen molar-refractivity contribution in [2.24, 2.45) is 10.2 Å². The summed E-state index contributed by atoms with van der Waals surface area (Å²) in [5.41, 5.74) is 0.678. The molecule has 6 nitrogen and oxygen atoms in total. The number of halogens is 2. The summed E-state index contributed by atoms with van der Waals surface area (Å²) in [4.78, 5) is 2.73. The Kier molecular flexibility index (Phi) is 4.88. The average Bonchev–Trinajstić information content (AvgIpc) is 3.11. The normalized spacial score (nSPS) is 18.1. The number of hydrogen-bond acceptors (Lipinski definition) is 4. The van der Waals surface area contributed by atoms with Gasteiger partial charge in [-0.25, -0.2) is 4.39 Å². The number of nitrogens with one attached hydrogen (secondary N) is 2. The van der Waals surface area contributed by atoms with E-state index in [1.165, 1.54) is 12.1 Å². The van der Waals surface area contributed by atoms with Crippen LogP contribution in [0.15, 0.2) is 26.8 Å². The Morgan fingerprint density at radius 2 is 2.39 bits per heavy atom. The Morgan fingerprint density at radius 3 is 3.13 bits per heavy atom. The van der Waals surface area contributed by atoms with E-state index in [-0.39, 0.29) is 22.8 Å². The Hall–Kier alpha value is -1.58. The van der Waals surface area contributed by atoms with Crippen molar-refractivity contribution in [1.29, 1.82) is 0 Å². The Labute approximate surface area is 145 Å². The maximum atomic E-state index is 13.5. The highest BCUT2D eigenvalue weighted by molar-refractivity contribution is 9.10. The molecule has 2 aromatic rings. The number of aromatic nitrogens is 1. The first-order valence-corrected chi connectivity index (χ1v) is 8.25. The van der Waals surface area contributed by atoms with Crippen LogP contribution in [0.25, 0.3) is 10.9 Å². The third-order valence-corrected chi connectivity index (χ3v) is 4.38. The molecule has 3 N–H and O–H groups in total. The van der Waals surface area contributed by atoms with Gasteiger partial charge >= 0.3 is 0 Å². The number of aromatic amines is 1. The lowest BCUT2D eigenvalue weighted by Crippen LogP contribution is -2.29. The van der Waals surface area contributed by atoms with E-state index >= 15 is 0 Å². The van der Waals surface area contributed by atoms with Crippen molar-refractivity contribution < 1.29 is 14.2 Å². The molecule has 1 unspecified atom stereocenters. The highest BCUT2D eigenvalue weighted by Gasteiger charge is 2.16. The number of benzene rings is 1. The second-order valence-electron chi connectivity index (χ2n) is 5.15. The monoisotopic (exact) mass is 400 g/mol. The first kappa shape index (κ1) is 16.3. The smallest absolute Gasteiger partial charge is 0.218 e. The first-order valence-electron chi connectivity index (χ1n) is 7.05. The van der Waals surface area contributed by atoms with Gasteiger partial charge in [0.25, 0.3) is 0 Å². The van der Waals surface area contributed by atoms with Crippen LogP contribution in [0.1, 0.15) is 12.8 Å². The van der Waals surface area contributed by atoms with Crippen LogP contribution in [-0.4, -0.2) is 34.5 Å². The summed E-state index contributed by atoms with van der Waals surface area (Å²) in [5.74, 6) is -0.643. The summed E-state index contributed by atoms with van der Waals surface area (Å²) in [5, 5.41) is 21.3. The molecule has 3 rings (SSSR count). The van der Waals surface area contributed by atoms with Crippen LogP contribution in [0.5, 0.6) is 5.88 Å². The zero-order chi connectivity index (χ0) is 16.4. The molecule has 0 amide bonds. The number of nitrogens with zero attached hydrogens (tertiary/aromatic N) is 2. The average molecular weight is 401 g/mol. The van der Waals surface area contributed by atoms with Crippen LogP contribution in [0.4, 0.5) is 10.1 Å². The lowest BCUT2D eigenvalue weighted by atomic mass is 10.2. The van der Waals surface area contributed by atoms with Gasteiger partial charge < -0.3 is 20.1 Å². The van der Waals surface area contributed by atoms with Gasteiger partial charge in [-0.1, -0.05) is 0 Å². The van der Waals surface area contributed by atoms with Crippen molar-refractivity contribution in [2.45, 2.75) is 18.9 Å². The summed E-state index contributed by atoms with van der Waals surface area (Å²) in [6.45, 7) is 1.34. The predicted octanol–water partition coefficient (Wildman–Crippen LogP) is 3.91. The Morgan fingerprint density at radius 1 is 1.57 bits per heavy atom. The van der Waals surface area contributed by atoms with E-state index in [9.17, 15) is 9.50 Å². The van der Waals surface area contributed by atoms with Crippen molar-refractivity contribution in [3.63, 3.8) is 0 Å². The van der Waals surface area contributed by atoms with E-state index in [4.69, 9.17) is 17.0 Å². The van der Waals surface area contributed by atoms with E-state index in [0.29, 0.717) is 21.9 Å². The minimum atomic E-state index is -0.445. The predicted molar refractivity (Wildman–Crippen MR) is 91.7 cm³/mol. The molecule has 0 spiro atoms. The number of ether oxygens (including phenoxy) is 1. The summed E-state index contributed by atoms with van der Waals surface area (Å²) in [6.07, 6.45) is 2.17. The van der Waals surface area contributed by atoms with Crippen molar-refractivity contribution in [3.05, 3.63) is 22.4 Å². The Balaban J connectivity index is 1.75. The third kappa shape index (κ3) is 3.67. The zero-order valence-electron chi connectivity index (χ0n) is 12.0. The molecule has 1 fully saturated rings. The summed E-state index contributed by atoms with van der Waals surface area (Å²) < 4.78 is 19.5. The van der Waals surface area contributed by atoms with Crippen molar-refractivity contribution in [3.8, 4) is 5.88 Å². The Bertz CT molecular complexity index is 774. The first-order chi connectivity index (χ1) is 11.0. The molecule has 1 aromatic carbocycles. The van der Waals surface area contributed by atoms with Gasteiger partial charge in [0, 0.05) is 23.0 Å². The second kappa shape index (κ2) is 6.90. The van der Waals surface area contributed by atoms with Gasteiger partial charge in [-0.15, -0.1) is 10.2 Å². The molecule has 0 radical (unpaired) electrons. The topological polar surface area (TPSA) is 82.0 Å². The molecular formula is C14H14BrFN4O2S. The molecule has 122 valence electrons. The van der Waals surface area contributed by atoms with Crippen molar-refractivity contribution >= 4 is 49.9 Å². The molecule has 9 heteroatoms. The molecule has 23 heavy (non-hydrogen) atoms. The van der Waals surface area contributed by atoms with Gasteiger partial charge in [0.05, 0.1) is 11.6 Å². The van der Waals surface area contributed by atoms with Crippen LogP contribution in [-0.2, 0) is 4.74 Å². The van der Waals surface area contributed by atoms with Gasteiger partial charge in [-0.3, -0.25) is 0 Å². The highest BCUT2D eigenvalue weighted by atomic mass is 79.9. The molecule has 1 aliphatic rings. The molecule has 0 aliphatic carbocycles. The fourth-order valence-corrected chi connectivity index (χ4v) is 3.09. The SMILES string of the molecule is Oc1[nH]c2c(Br)cc(F)cc2c1N=NC(=S)NCC1CCCO1.